The molecule has 4 rings (SSSR count). The van der Waals surface area contributed by atoms with Gasteiger partial charge in [-0.15, -0.1) is 0 Å². The Bertz CT molecular complexity index is 1320. The Morgan fingerprint density at radius 2 is 1.97 bits per heavy atom. The van der Waals surface area contributed by atoms with Gasteiger partial charge in [0.25, 0.3) is 5.91 Å². The Hall–Kier alpha value is -4.14. The zero-order chi connectivity index (χ0) is 26.9. The maximum Gasteiger partial charge on any atom is 0.434 e. The normalized spacial score (nSPS) is 16.0. The quantitative estimate of drug-likeness (QED) is 0.499. The third-order valence-corrected chi connectivity index (χ3v) is 5.34. The number of carbonyl (C=O) groups excluding carboxylic acids is 1. The summed E-state index contributed by atoms with van der Waals surface area (Å²) in [7, 11) is 2.94. The minimum Gasteiger partial charge on any atom is -0.420 e. The van der Waals surface area contributed by atoms with E-state index in [0.717, 1.165) is 12.3 Å². The van der Waals surface area contributed by atoms with E-state index in [9.17, 15) is 22.4 Å². The predicted molar refractivity (Wildman–Crippen MR) is 122 cm³/mol. The lowest BCUT2D eigenvalue weighted by Crippen LogP contribution is -2.44. The molecule has 0 bridgehead atoms. The van der Waals surface area contributed by atoms with Crippen molar-refractivity contribution in [2.75, 3.05) is 44.5 Å². The minimum absolute atomic E-state index is 0.0439. The first kappa shape index (κ1) is 25.9. The Balaban J connectivity index is 1.89. The molecule has 3 heterocycles. The molecule has 11 nitrogen and oxygen atoms in total. The summed E-state index contributed by atoms with van der Waals surface area (Å²) in [5.74, 6) is -3.09. The molecule has 1 unspecified atom stereocenters. The van der Waals surface area contributed by atoms with Gasteiger partial charge in [-0.2, -0.15) is 28.1 Å². The lowest BCUT2D eigenvalue weighted by molar-refractivity contribution is -0.140. The van der Waals surface area contributed by atoms with Gasteiger partial charge in [-0.1, -0.05) is 6.07 Å². The third kappa shape index (κ3) is 5.50. The highest BCUT2D eigenvalue weighted by Gasteiger charge is 2.38. The van der Waals surface area contributed by atoms with Crippen molar-refractivity contribution in [1.82, 2.24) is 29.8 Å². The van der Waals surface area contributed by atoms with Gasteiger partial charge in [-0.3, -0.25) is 4.79 Å². The third-order valence-electron chi connectivity index (χ3n) is 5.34. The van der Waals surface area contributed by atoms with Crippen molar-refractivity contribution in [2.45, 2.75) is 19.1 Å². The first-order chi connectivity index (χ1) is 17.5. The number of para-hydroxylation sites is 1. The Morgan fingerprint density at radius 3 is 2.65 bits per heavy atom. The number of rotatable bonds is 5. The van der Waals surface area contributed by atoms with Crippen molar-refractivity contribution in [2.24, 2.45) is 0 Å². The second-order valence-corrected chi connectivity index (χ2v) is 8.27. The summed E-state index contributed by atoms with van der Waals surface area (Å²) >= 11 is 0. The fourth-order valence-electron chi connectivity index (χ4n) is 3.55. The number of nitrogens with two attached hydrogens (primary N) is 1. The number of anilines is 2. The molecule has 1 aliphatic heterocycles. The van der Waals surface area contributed by atoms with Gasteiger partial charge in [-0.25, -0.2) is 14.4 Å². The summed E-state index contributed by atoms with van der Waals surface area (Å²) in [6.07, 6.45) is -4.08. The maximum atomic E-state index is 14.8. The fourth-order valence-corrected chi connectivity index (χ4v) is 3.55. The molecule has 1 aromatic carbocycles. The summed E-state index contributed by atoms with van der Waals surface area (Å²) in [6, 6.07) is 2.93. The highest BCUT2D eigenvalue weighted by atomic mass is 19.4. The minimum atomic E-state index is -4.91. The maximum absolute atomic E-state index is 14.8. The number of halogens is 4. The summed E-state index contributed by atoms with van der Waals surface area (Å²) < 4.78 is 67.1. The van der Waals surface area contributed by atoms with Crippen LogP contribution in [0.4, 0.5) is 29.5 Å². The highest BCUT2D eigenvalue weighted by Crippen LogP contribution is 2.36. The number of nitrogens with zero attached hydrogens (tertiary/aromatic N) is 7. The molecule has 1 fully saturated rings. The lowest BCUT2D eigenvalue weighted by Gasteiger charge is -2.33. The van der Waals surface area contributed by atoms with Crippen molar-refractivity contribution in [3.63, 3.8) is 0 Å². The first-order valence-corrected chi connectivity index (χ1v) is 10.9. The fraction of sp³-hybridized carbons (Fsp3) is 0.364. The van der Waals surface area contributed by atoms with E-state index >= 15 is 0 Å². The summed E-state index contributed by atoms with van der Waals surface area (Å²) in [4.78, 5) is 34.9. The molecule has 1 aliphatic rings. The molecule has 0 radical (unpaired) electrons. The molecule has 2 aromatic heterocycles. The van der Waals surface area contributed by atoms with Gasteiger partial charge >= 0.3 is 12.2 Å². The van der Waals surface area contributed by atoms with Gasteiger partial charge in [0.15, 0.2) is 23.1 Å². The van der Waals surface area contributed by atoms with Gasteiger partial charge < -0.3 is 25.0 Å². The molecular weight excluding hydrogens is 500 g/mol. The Kier molecular flexibility index (Phi) is 7.07. The van der Waals surface area contributed by atoms with E-state index in [4.69, 9.17) is 15.2 Å². The standard InChI is InChI=1S/C22H22F4N8O3/c1-11-10-36-8-7-34(11)20-30-17(13-9-28-19(27)29-16(13)22(24,25)26)31-21(32-20)37-15-12(18(35)33(2)3)5-4-6-14(15)23/h4-6,9,11H,7-8,10H2,1-3H3,(H2,27,28,29). The zero-order valence-electron chi connectivity index (χ0n) is 20.0. The number of ether oxygens (including phenoxy) is 2. The predicted octanol–water partition coefficient (Wildman–Crippen LogP) is 2.79. The molecule has 196 valence electrons. The number of nitrogen functional groups attached to an aromatic ring is 1. The largest absolute Gasteiger partial charge is 0.434 e. The van der Waals surface area contributed by atoms with E-state index in [1.807, 2.05) is 0 Å². The van der Waals surface area contributed by atoms with E-state index in [0.29, 0.717) is 19.8 Å². The van der Waals surface area contributed by atoms with Crippen LogP contribution in [0.25, 0.3) is 11.4 Å². The average molecular weight is 522 g/mol. The molecule has 0 aliphatic carbocycles. The summed E-state index contributed by atoms with van der Waals surface area (Å²) in [5.41, 5.74) is 3.29. The summed E-state index contributed by atoms with van der Waals surface area (Å²) in [6.45, 7) is 2.75. The van der Waals surface area contributed by atoms with Gasteiger partial charge in [-0.05, 0) is 19.1 Å². The van der Waals surface area contributed by atoms with Gasteiger partial charge in [0.05, 0.1) is 30.4 Å². The van der Waals surface area contributed by atoms with E-state index in [1.165, 1.54) is 31.1 Å². The van der Waals surface area contributed by atoms with Crippen molar-refractivity contribution in [3.05, 3.63) is 41.5 Å². The Labute approximate surface area is 208 Å². The number of aromatic nitrogens is 5. The van der Waals surface area contributed by atoms with Crippen LogP contribution in [0.2, 0.25) is 0 Å². The molecule has 37 heavy (non-hydrogen) atoms. The van der Waals surface area contributed by atoms with Crippen LogP contribution < -0.4 is 15.4 Å². The van der Waals surface area contributed by atoms with E-state index < -0.39 is 52.7 Å². The number of carbonyl (C=O) groups is 1. The molecule has 15 heteroatoms. The lowest BCUT2D eigenvalue weighted by atomic mass is 10.1. The van der Waals surface area contributed by atoms with E-state index in [-0.39, 0.29) is 17.6 Å². The van der Waals surface area contributed by atoms with Crippen molar-refractivity contribution in [3.8, 4) is 23.1 Å². The van der Waals surface area contributed by atoms with Crippen LogP contribution in [0.3, 0.4) is 0 Å². The second kappa shape index (κ2) is 10.1. The van der Waals surface area contributed by atoms with Crippen LogP contribution in [0.1, 0.15) is 23.0 Å². The molecule has 1 amide bonds. The number of hydrogen-bond donors (Lipinski definition) is 1. The number of amides is 1. The topological polar surface area (TPSA) is 132 Å². The number of morpholine rings is 1. The number of alkyl halides is 3. The van der Waals surface area contributed by atoms with Crippen molar-refractivity contribution >= 4 is 17.8 Å². The van der Waals surface area contributed by atoms with Crippen LogP contribution >= 0.6 is 0 Å². The number of hydrogen-bond acceptors (Lipinski definition) is 10. The zero-order valence-corrected chi connectivity index (χ0v) is 20.0. The molecule has 3 aromatic rings. The van der Waals surface area contributed by atoms with Crippen LogP contribution in [-0.4, -0.2) is 75.6 Å². The summed E-state index contributed by atoms with van der Waals surface area (Å²) in [5, 5.41) is 0. The smallest absolute Gasteiger partial charge is 0.420 e. The van der Waals surface area contributed by atoms with Crippen molar-refractivity contribution in [1.29, 1.82) is 0 Å². The van der Waals surface area contributed by atoms with Crippen LogP contribution in [0, 0.1) is 5.82 Å². The average Bonchev–Trinajstić information content (AvgIpc) is 2.84. The van der Waals surface area contributed by atoms with Gasteiger partial charge in [0.1, 0.15) is 0 Å². The van der Waals surface area contributed by atoms with E-state index in [1.54, 1.807) is 11.8 Å². The van der Waals surface area contributed by atoms with Crippen molar-refractivity contribution < 1.29 is 31.8 Å². The second-order valence-electron chi connectivity index (χ2n) is 8.27. The van der Waals surface area contributed by atoms with Crippen LogP contribution in [0.5, 0.6) is 11.8 Å². The first-order valence-electron chi connectivity index (χ1n) is 10.9. The van der Waals surface area contributed by atoms with E-state index in [2.05, 4.69) is 24.9 Å². The highest BCUT2D eigenvalue weighted by molar-refractivity contribution is 5.96. The SMILES string of the molecule is CC1COCCN1c1nc(Oc2c(F)cccc2C(=O)N(C)C)nc(-c2cnc(N)nc2C(F)(F)F)n1. The molecule has 0 spiro atoms. The van der Waals surface area contributed by atoms with Gasteiger partial charge in [0, 0.05) is 26.8 Å². The molecule has 0 saturated carbocycles. The molecule has 1 atom stereocenters. The van der Waals surface area contributed by atoms with Gasteiger partial charge in [0.2, 0.25) is 11.9 Å². The molecule has 2 N–H and O–H groups in total. The molecular formula is C22H22F4N8O3. The monoisotopic (exact) mass is 522 g/mol. The van der Waals surface area contributed by atoms with Crippen LogP contribution in [0.15, 0.2) is 24.4 Å². The molecule has 1 saturated heterocycles. The number of benzene rings is 1. The van der Waals surface area contributed by atoms with Crippen LogP contribution in [-0.2, 0) is 10.9 Å². The Morgan fingerprint density at radius 1 is 1.22 bits per heavy atom.